The fraction of sp³-hybridized carbons (Fsp3) is 0.263. The Morgan fingerprint density at radius 1 is 1.31 bits per heavy atom. The Morgan fingerprint density at radius 3 is 2.88 bits per heavy atom. The number of benzene rings is 1. The first-order valence-corrected chi connectivity index (χ1v) is 8.81. The van der Waals surface area contributed by atoms with Crippen molar-refractivity contribution in [1.29, 1.82) is 0 Å². The molecule has 1 aliphatic carbocycles. The summed E-state index contributed by atoms with van der Waals surface area (Å²) < 4.78 is 5.24. The molecule has 26 heavy (non-hydrogen) atoms. The van der Waals surface area contributed by atoms with Gasteiger partial charge in [-0.25, -0.2) is 9.97 Å². The fourth-order valence-electron chi connectivity index (χ4n) is 2.85. The predicted molar refractivity (Wildman–Crippen MR) is 96.9 cm³/mol. The van der Waals surface area contributed by atoms with E-state index in [2.05, 4.69) is 20.4 Å². The molecule has 0 radical (unpaired) electrons. The van der Waals surface area contributed by atoms with Crippen LogP contribution < -0.4 is 5.32 Å². The lowest BCUT2D eigenvalue weighted by atomic mass is 10.1. The summed E-state index contributed by atoms with van der Waals surface area (Å²) in [6, 6.07) is 9.18. The van der Waals surface area contributed by atoms with Gasteiger partial charge in [0.15, 0.2) is 0 Å². The van der Waals surface area contributed by atoms with Gasteiger partial charge in [0.1, 0.15) is 23.3 Å². The second-order valence-corrected chi connectivity index (χ2v) is 6.74. The Bertz CT molecular complexity index is 966. The summed E-state index contributed by atoms with van der Waals surface area (Å²) >= 11 is 6.24. The van der Waals surface area contributed by atoms with Crippen molar-refractivity contribution in [2.24, 2.45) is 0 Å². The highest BCUT2D eigenvalue weighted by molar-refractivity contribution is 6.33. The molecular formula is C19H17ClN4O2. The van der Waals surface area contributed by atoms with E-state index < -0.39 is 0 Å². The smallest absolute Gasteiger partial charge is 0.257 e. The van der Waals surface area contributed by atoms with Crippen LogP contribution in [0.4, 0.5) is 0 Å². The van der Waals surface area contributed by atoms with Crippen LogP contribution in [0.2, 0.25) is 5.02 Å². The maximum Gasteiger partial charge on any atom is 0.257 e. The average molecular weight is 369 g/mol. The molecule has 1 saturated carbocycles. The zero-order valence-corrected chi connectivity index (χ0v) is 15.0. The number of hydrogen-bond acceptors (Lipinski definition) is 5. The molecule has 1 aliphatic rings. The van der Waals surface area contributed by atoms with E-state index in [9.17, 15) is 4.79 Å². The molecular weight excluding hydrogens is 352 g/mol. The van der Waals surface area contributed by atoms with E-state index in [-0.39, 0.29) is 5.91 Å². The highest BCUT2D eigenvalue weighted by Crippen LogP contribution is 2.38. The lowest BCUT2D eigenvalue weighted by Crippen LogP contribution is -2.24. The summed E-state index contributed by atoms with van der Waals surface area (Å²) in [6.45, 7) is 2.02. The Morgan fingerprint density at radius 2 is 2.12 bits per heavy atom. The van der Waals surface area contributed by atoms with Crippen LogP contribution >= 0.6 is 11.6 Å². The molecule has 0 saturated heterocycles. The van der Waals surface area contributed by atoms with Crippen molar-refractivity contribution in [3.8, 4) is 11.3 Å². The summed E-state index contributed by atoms with van der Waals surface area (Å²) in [6.07, 6.45) is 3.89. The largest absolute Gasteiger partial charge is 0.360 e. The van der Waals surface area contributed by atoms with E-state index in [0.717, 1.165) is 11.4 Å². The number of nitrogens with one attached hydrogen (secondary N) is 1. The van der Waals surface area contributed by atoms with Gasteiger partial charge in [-0.3, -0.25) is 4.79 Å². The van der Waals surface area contributed by atoms with Crippen LogP contribution in [0, 0.1) is 6.92 Å². The van der Waals surface area contributed by atoms with Crippen molar-refractivity contribution in [1.82, 2.24) is 20.4 Å². The van der Waals surface area contributed by atoms with Crippen LogP contribution in [0.25, 0.3) is 11.3 Å². The van der Waals surface area contributed by atoms with E-state index in [1.807, 2.05) is 24.3 Å². The molecule has 7 heteroatoms. The number of amides is 1. The first-order valence-electron chi connectivity index (χ1n) is 8.43. The Labute approximate surface area is 155 Å². The van der Waals surface area contributed by atoms with Crippen LogP contribution in [0.5, 0.6) is 0 Å². The van der Waals surface area contributed by atoms with Crippen LogP contribution in [0.15, 0.2) is 41.2 Å². The molecule has 0 bridgehead atoms. The van der Waals surface area contributed by atoms with Gasteiger partial charge in [-0.15, -0.1) is 0 Å². The quantitative estimate of drug-likeness (QED) is 0.738. The SMILES string of the molecule is Cc1onc(-c2ccccc2Cl)c1C(=O)NCc1cc(C2CC2)ncn1. The molecule has 132 valence electrons. The number of nitrogens with zero attached hydrogens (tertiary/aromatic N) is 3. The maximum atomic E-state index is 12.7. The summed E-state index contributed by atoms with van der Waals surface area (Å²) in [5.74, 6) is 0.712. The zero-order chi connectivity index (χ0) is 18.1. The number of carbonyl (C=O) groups excluding carboxylic acids is 1. The van der Waals surface area contributed by atoms with E-state index >= 15 is 0 Å². The van der Waals surface area contributed by atoms with Crippen molar-refractivity contribution >= 4 is 17.5 Å². The summed E-state index contributed by atoms with van der Waals surface area (Å²) in [4.78, 5) is 21.3. The minimum Gasteiger partial charge on any atom is -0.360 e. The van der Waals surface area contributed by atoms with E-state index in [0.29, 0.717) is 40.1 Å². The molecule has 1 aromatic carbocycles. The normalized spacial score (nSPS) is 13.6. The third-order valence-corrected chi connectivity index (χ3v) is 4.72. The van der Waals surface area contributed by atoms with Crippen molar-refractivity contribution < 1.29 is 9.32 Å². The second-order valence-electron chi connectivity index (χ2n) is 6.33. The lowest BCUT2D eigenvalue weighted by molar-refractivity contribution is 0.0949. The van der Waals surface area contributed by atoms with Crippen LogP contribution in [0.1, 0.15) is 46.3 Å². The molecule has 2 heterocycles. The number of aromatic nitrogens is 3. The van der Waals surface area contributed by atoms with Gasteiger partial charge in [-0.1, -0.05) is 35.0 Å². The molecule has 1 N–H and O–H groups in total. The van der Waals surface area contributed by atoms with Gasteiger partial charge in [-0.2, -0.15) is 0 Å². The number of aryl methyl sites for hydroxylation is 1. The number of carbonyl (C=O) groups is 1. The van der Waals surface area contributed by atoms with Crippen molar-refractivity contribution in [3.05, 3.63) is 64.4 Å². The van der Waals surface area contributed by atoms with E-state index in [1.54, 1.807) is 19.3 Å². The minimum absolute atomic E-state index is 0.273. The van der Waals surface area contributed by atoms with Gasteiger partial charge in [0.05, 0.1) is 17.3 Å². The van der Waals surface area contributed by atoms with Crippen LogP contribution in [-0.2, 0) is 6.54 Å². The molecule has 0 atom stereocenters. The molecule has 6 nitrogen and oxygen atoms in total. The van der Waals surface area contributed by atoms with E-state index in [1.165, 1.54) is 12.8 Å². The number of halogens is 1. The monoisotopic (exact) mass is 368 g/mol. The van der Waals surface area contributed by atoms with Gasteiger partial charge in [-0.05, 0) is 31.9 Å². The minimum atomic E-state index is -0.273. The Hall–Kier alpha value is -2.73. The fourth-order valence-corrected chi connectivity index (χ4v) is 3.08. The lowest BCUT2D eigenvalue weighted by Gasteiger charge is -2.07. The standard InChI is InChI=1S/C19H17ClN4O2/c1-11-17(18(24-26-11)14-4-2-3-5-15(14)20)19(25)21-9-13-8-16(12-6-7-12)23-10-22-13/h2-5,8,10,12H,6-7,9H2,1H3,(H,21,25). The zero-order valence-electron chi connectivity index (χ0n) is 14.2. The highest BCUT2D eigenvalue weighted by Gasteiger charge is 2.26. The third kappa shape index (κ3) is 3.32. The molecule has 2 aromatic heterocycles. The Balaban J connectivity index is 1.54. The van der Waals surface area contributed by atoms with E-state index in [4.69, 9.17) is 16.1 Å². The first kappa shape index (κ1) is 16.7. The number of hydrogen-bond donors (Lipinski definition) is 1. The predicted octanol–water partition coefficient (Wildman–Crippen LogP) is 3.90. The van der Waals surface area contributed by atoms with Gasteiger partial charge < -0.3 is 9.84 Å². The van der Waals surface area contributed by atoms with Crippen molar-refractivity contribution in [2.45, 2.75) is 32.2 Å². The second kappa shape index (κ2) is 6.88. The average Bonchev–Trinajstić information content (AvgIpc) is 3.43. The topological polar surface area (TPSA) is 80.9 Å². The Kier molecular flexibility index (Phi) is 4.42. The van der Waals surface area contributed by atoms with Crippen LogP contribution in [-0.4, -0.2) is 21.0 Å². The molecule has 1 fully saturated rings. The maximum absolute atomic E-state index is 12.7. The molecule has 0 unspecified atom stereocenters. The molecule has 0 aliphatic heterocycles. The van der Waals surface area contributed by atoms with Crippen molar-refractivity contribution in [3.63, 3.8) is 0 Å². The first-order chi connectivity index (χ1) is 12.6. The summed E-state index contributed by atoms with van der Waals surface area (Å²) in [7, 11) is 0. The van der Waals surface area contributed by atoms with Gasteiger partial charge in [0, 0.05) is 17.2 Å². The van der Waals surface area contributed by atoms with Crippen LogP contribution in [0.3, 0.4) is 0 Å². The molecule has 1 amide bonds. The summed E-state index contributed by atoms with van der Waals surface area (Å²) in [5.41, 5.74) is 3.31. The number of rotatable bonds is 5. The molecule has 3 aromatic rings. The molecule has 4 rings (SSSR count). The third-order valence-electron chi connectivity index (χ3n) is 4.39. The summed E-state index contributed by atoms with van der Waals surface area (Å²) in [5, 5.41) is 7.42. The van der Waals surface area contributed by atoms with Crippen molar-refractivity contribution in [2.75, 3.05) is 0 Å². The van der Waals surface area contributed by atoms with Gasteiger partial charge in [0.25, 0.3) is 5.91 Å². The molecule has 0 spiro atoms. The van der Waals surface area contributed by atoms with Gasteiger partial charge >= 0.3 is 0 Å². The van der Waals surface area contributed by atoms with Gasteiger partial charge in [0.2, 0.25) is 0 Å². The highest BCUT2D eigenvalue weighted by atomic mass is 35.5.